The number of aromatic nitrogens is 3. The average Bonchev–Trinajstić information content (AvgIpc) is 3.03. The van der Waals surface area contributed by atoms with Crippen molar-refractivity contribution in [2.75, 3.05) is 6.54 Å². The van der Waals surface area contributed by atoms with Crippen LogP contribution in [-0.4, -0.2) is 27.2 Å². The third-order valence-corrected chi connectivity index (χ3v) is 4.55. The third-order valence-electron chi connectivity index (χ3n) is 4.55. The highest BCUT2D eigenvalue weighted by molar-refractivity contribution is 5.85. The smallest absolute Gasteiger partial charge is 0.219 e. The minimum absolute atomic E-state index is 0. The number of carbonyl (C=O) groups excluding carboxylic acids is 1. The molecule has 0 bridgehead atoms. The Morgan fingerprint density at radius 1 is 1.19 bits per heavy atom. The van der Waals surface area contributed by atoms with Crippen molar-refractivity contribution in [2.24, 2.45) is 5.73 Å². The summed E-state index contributed by atoms with van der Waals surface area (Å²) in [6.07, 6.45) is 3.66. The molecular weight excluding hydrogens is 369 g/mol. The van der Waals surface area contributed by atoms with E-state index in [4.69, 9.17) is 10.8 Å². The van der Waals surface area contributed by atoms with Crippen molar-refractivity contribution < 1.29 is 9.18 Å². The van der Waals surface area contributed by atoms with E-state index in [1.807, 2.05) is 16.8 Å². The fraction of sp³-hybridized carbons (Fsp3) is 0.211. The minimum atomic E-state index is -0.367. The first-order chi connectivity index (χ1) is 12.6. The molecule has 1 amide bonds. The van der Waals surface area contributed by atoms with Gasteiger partial charge >= 0.3 is 0 Å². The SMILES string of the molecule is Cl.NC(=O)C[C@@H]1CNCc2c(-c3ccncc3)c(-c3ccc(F)cc3)nn21. The highest BCUT2D eigenvalue weighted by Crippen LogP contribution is 2.37. The summed E-state index contributed by atoms with van der Waals surface area (Å²) < 4.78 is 15.2. The lowest BCUT2D eigenvalue weighted by molar-refractivity contribution is -0.118. The summed E-state index contributed by atoms with van der Waals surface area (Å²) in [5.41, 5.74) is 9.89. The van der Waals surface area contributed by atoms with Crippen LogP contribution in [0.5, 0.6) is 0 Å². The van der Waals surface area contributed by atoms with Crippen LogP contribution >= 0.6 is 12.4 Å². The summed E-state index contributed by atoms with van der Waals surface area (Å²) in [6.45, 7) is 1.25. The van der Waals surface area contributed by atoms with Crippen LogP contribution in [0.4, 0.5) is 4.39 Å². The Labute approximate surface area is 162 Å². The van der Waals surface area contributed by atoms with Gasteiger partial charge in [0.05, 0.1) is 18.2 Å². The maximum absolute atomic E-state index is 13.4. The molecule has 2 aromatic heterocycles. The predicted octanol–water partition coefficient (Wildman–Crippen LogP) is 2.69. The Morgan fingerprint density at radius 2 is 1.89 bits per heavy atom. The summed E-state index contributed by atoms with van der Waals surface area (Å²) in [5.74, 6) is -0.662. The Morgan fingerprint density at radius 3 is 2.56 bits per heavy atom. The zero-order valence-electron chi connectivity index (χ0n) is 14.4. The van der Waals surface area contributed by atoms with Gasteiger partial charge in [0.1, 0.15) is 11.5 Å². The summed E-state index contributed by atoms with van der Waals surface area (Å²) in [6, 6.07) is 9.96. The molecule has 4 rings (SSSR count). The molecule has 3 heterocycles. The van der Waals surface area contributed by atoms with Crippen molar-refractivity contribution in [1.29, 1.82) is 0 Å². The van der Waals surface area contributed by atoms with E-state index in [0.717, 1.165) is 28.1 Å². The number of rotatable bonds is 4. The summed E-state index contributed by atoms with van der Waals surface area (Å²) in [4.78, 5) is 15.5. The second-order valence-electron chi connectivity index (χ2n) is 6.31. The van der Waals surface area contributed by atoms with Crippen molar-refractivity contribution in [2.45, 2.75) is 19.0 Å². The van der Waals surface area contributed by atoms with Crippen molar-refractivity contribution in [3.05, 3.63) is 60.3 Å². The molecule has 3 aromatic rings. The lowest BCUT2D eigenvalue weighted by Crippen LogP contribution is -2.36. The number of carbonyl (C=O) groups is 1. The van der Waals surface area contributed by atoms with Gasteiger partial charge in [0.2, 0.25) is 5.91 Å². The van der Waals surface area contributed by atoms with Crippen LogP contribution in [0.3, 0.4) is 0 Å². The standard InChI is InChI=1S/C19H18FN5O.ClH/c20-14-3-1-13(2-4-14)19-18(12-5-7-22-8-6-12)16-11-23-10-15(9-17(21)26)25(16)24-19;/h1-8,15,23H,9-11H2,(H2,21,26);1H/t15-;/m1./s1. The summed E-state index contributed by atoms with van der Waals surface area (Å²) in [5, 5.41) is 8.12. The molecule has 3 N–H and O–H groups in total. The van der Waals surface area contributed by atoms with E-state index in [1.165, 1.54) is 12.1 Å². The highest BCUT2D eigenvalue weighted by Gasteiger charge is 2.28. The molecule has 27 heavy (non-hydrogen) atoms. The molecule has 140 valence electrons. The number of primary amides is 1. The number of nitrogens with zero attached hydrogens (tertiary/aromatic N) is 3. The van der Waals surface area contributed by atoms with E-state index in [9.17, 15) is 9.18 Å². The first kappa shape index (κ1) is 19.0. The van der Waals surface area contributed by atoms with Gasteiger partial charge in [0.15, 0.2) is 0 Å². The highest BCUT2D eigenvalue weighted by atomic mass is 35.5. The Hall–Kier alpha value is -2.77. The van der Waals surface area contributed by atoms with Crippen LogP contribution in [0.1, 0.15) is 18.2 Å². The first-order valence-corrected chi connectivity index (χ1v) is 8.40. The lowest BCUT2D eigenvalue weighted by Gasteiger charge is -2.25. The summed E-state index contributed by atoms with van der Waals surface area (Å²) in [7, 11) is 0. The minimum Gasteiger partial charge on any atom is -0.370 e. The second-order valence-corrected chi connectivity index (χ2v) is 6.31. The normalized spacial score (nSPS) is 15.7. The molecule has 0 spiro atoms. The van der Waals surface area contributed by atoms with Crippen molar-refractivity contribution >= 4 is 18.3 Å². The van der Waals surface area contributed by atoms with Crippen molar-refractivity contribution in [3.8, 4) is 22.4 Å². The molecule has 1 aliphatic heterocycles. The van der Waals surface area contributed by atoms with Crippen LogP contribution in [0, 0.1) is 5.82 Å². The fourth-order valence-corrected chi connectivity index (χ4v) is 3.41. The molecule has 0 saturated heterocycles. The van der Waals surface area contributed by atoms with Gasteiger partial charge in [-0.15, -0.1) is 12.4 Å². The number of nitrogens with two attached hydrogens (primary N) is 1. The molecule has 8 heteroatoms. The van der Waals surface area contributed by atoms with Gasteiger partial charge in [-0.05, 0) is 42.0 Å². The van der Waals surface area contributed by atoms with Crippen molar-refractivity contribution in [1.82, 2.24) is 20.1 Å². The molecule has 0 unspecified atom stereocenters. The number of fused-ring (bicyclic) bond motifs is 1. The Bertz CT molecular complexity index is 943. The zero-order chi connectivity index (χ0) is 18.1. The molecule has 0 fully saturated rings. The molecule has 0 radical (unpaired) electrons. The molecule has 0 aliphatic carbocycles. The van der Waals surface area contributed by atoms with Gasteiger partial charge in [0.25, 0.3) is 0 Å². The van der Waals surface area contributed by atoms with E-state index in [0.29, 0.717) is 13.1 Å². The van der Waals surface area contributed by atoms with E-state index < -0.39 is 0 Å². The zero-order valence-corrected chi connectivity index (χ0v) is 15.2. The van der Waals surface area contributed by atoms with Gasteiger partial charge in [0, 0.05) is 36.6 Å². The topological polar surface area (TPSA) is 85.8 Å². The van der Waals surface area contributed by atoms with Crippen LogP contribution in [0.2, 0.25) is 0 Å². The van der Waals surface area contributed by atoms with E-state index in [2.05, 4.69) is 10.3 Å². The van der Waals surface area contributed by atoms with Crippen molar-refractivity contribution in [3.63, 3.8) is 0 Å². The fourth-order valence-electron chi connectivity index (χ4n) is 3.41. The van der Waals surface area contributed by atoms with E-state index in [-0.39, 0.29) is 36.6 Å². The number of pyridine rings is 1. The maximum Gasteiger partial charge on any atom is 0.219 e. The van der Waals surface area contributed by atoms with Crippen LogP contribution in [-0.2, 0) is 11.3 Å². The number of amides is 1. The first-order valence-electron chi connectivity index (χ1n) is 8.40. The second kappa shape index (κ2) is 7.85. The van der Waals surface area contributed by atoms with Crippen LogP contribution in [0.15, 0.2) is 48.8 Å². The molecule has 1 atom stereocenters. The number of hydrogen-bond acceptors (Lipinski definition) is 4. The summed E-state index contributed by atoms with van der Waals surface area (Å²) >= 11 is 0. The molecule has 1 aliphatic rings. The van der Waals surface area contributed by atoms with E-state index in [1.54, 1.807) is 24.5 Å². The number of halogens is 2. The molecule has 0 saturated carbocycles. The lowest BCUT2D eigenvalue weighted by atomic mass is 9.98. The van der Waals surface area contributed by atoms with Gasteiger partial charge in [-0.1, -0.05) is 0 Å². The van der Waals surface area contributed by atoms with Crippen LogP contribution < -0.4 is 11.1 Å². The quantitative estimate of drug-likeness (QED) is 0.720. The third kappa shape index (κ3) is 3.70. The van der Waals surface area contributed by atoms with Gasteiger partial charge in [-0.25, -0.2) is 4.39 Å². The number of hydrogen-bond donors (Lipinski definition) is 2. The van der Waals surface area contributed by atoms with Gasteiger partial charge < -0.3 is 11.1 Å². The molecular formula is C19H19ClFN5O. The largest absolute Gasteiger partial charge is 0.370 e. The van der Waals surface area contributed by atoms with Crippen LogP contribution in [0.25, 0.3) is 22.4 Å². The van der Waals surface area contributed by atoms with Gasteiger partial charge in [-0.2, -0.15) is 5.10 Å². The maximum atomic E-state index is 13.4. The predicted molar refractivity (Wildman–Crippen MR) is 103 cm³/mol. The monoisotopic (exact) mass is 387 g/mol. The average molecular weight is 388 g/mol. The Balaban J connectivity index is 0.00000210. The molecule has 6 nitrogen and oxygen atoms in total. The van der Waals surface area contributed by atoms with Gasteiger partial charge in [-0.3, -0.25) is 14.5 Å². The number of benzene rings is 1. The Kier molecular flexibility index (Phi) is 5.53. The van der Waals surface area contributed by atoms with E-state index >= 15 is 0 Å². The number of nitrogens with one attached hydrogen (secondary N) is 1. The molecule has 1 aromatic carbocycles.